The van der Waals surface area contributed by atoms with Gasteiger partial charge in [-0.15, -0.1) is 0 Å². The van der Waals surface area contributed by atoms with Crippen molar-refractivity contribution in [3.8, 4) is 5.75 Å². The van der Waals surface area contributed by atoms with Crippen LogP contribution in [0.15, 0.2) is 41.4 Å². The van der Waals surface area contributed by atoms with Crippen LogP contribution in [0.3, 0.4) is 0 Å². The maximum absolute atomic E-state index is 12.5. The summed E-state index contributed by atoms with van der Waals surface area (Å²) in [6.07, 6.45) is 22.8. The van der Waals surface area contributed by atoms with Gasteiger partial charge in [0, 0.05) is 13.7 Å². The number of benzene rings is 1. The van der Waals surface area contributed by atoms with Gasteiger partial charge in [-0.25, -0.2) is 0 Å². The molecule has 2 aromatic rings. The molecule has 234 valence electrons. The first-order chi connectivity index (χ1) is 20.0. The molecule has 0 saturated carbocycles. The van der Waals surface area contributed by atoms with Crippen LogP contribution < -0.4 is 14.0 Å². The molecule has 41 heavy (non-hydrogen) atoms. The number of aromatic nitrogens is 1. The summed E-state index contributed by atoms with van der Waals surface area (Å²) in [7, 11) is -3.05. The highest BCUT2D eigenvalue weighted by Gasteiger charge is 2.19. The maximum atomic E-state index is 12.5. The summed E-state index contributed by atoms with van der Waals surface area (Å²) < 4.78 is 36.0. The molecule has 9 heteroatoms. The summed E-state index contributed by atoms with van der Waals surface area (Å²) in [5.74, 6) is 0.262. The monoisotopic (exact) mass is 611 g/mol. The second-order valence-corrected chi connectivity index (χ2v) is 13.0. The molecule has 1 aromatic heterocycles. The number of phosphoric acid groups is 1. The topological polar surface area (TPSA) is 80.9 Å². The smallest absolute Gasteiger partial charge is 0.319 e. The quantitative estimate of drug-likeness (QED) is 0.0575. The van der Waals surface area contributed by atoms with Gasteiger partial charge in [-0.1, -0.05) is 127 Å². The summed E-state index contributed by atoms with van der Waals surface area (Å²) in [5, 5.41) is 1.96. The zero-order valence-corrected chi connectivity index (χ0v) is 27.2. The van der Waals surface area contributed by atoms with Gasteiger partial charge in [0.2, 0.25) is 5.51 Å². The van der Waals surface area contributed by atoms with Crippen LogP contribution in [0.1, 0.15) is 115 Å². The summed E-state index contributed by atoms with van der Waals surface area (Å²) in [6.45, 7) is 3.54. The lowest BCUT2D eigenvalue weighted by Gasteiger charge is -2.26. The minimum atomic E-state index is -4.57. The molecule has 1 aromatic carbocycles. The number of para-hydroxylation sites is 1. The summed E-state index contributed by atoms with van der Waals surface area (Å²) in [6, 6.07) is 7.06. The Morgan fingerprint density at radius 2 is 1.44 bits per heavy atom. The van der Waals surface area contributed by atoms with Gasteiger partial charge in [0.15, 0.2) is 12.7 Å². The molecule has 0 aliphatic heterocycles. The van der Waals surface area contributed by atoms with Crippen molar-refractivity contribution >= 4 is 19.2 Å². The van der Waals surface area contributed by atoms with E-state index in [9.17, 15) is 9.46 Å². The van der Waals surface area contributed by atoms with Crippen molar-refractivity contribution in [1.29, 1.82) is 0 Å². The molecule has 0 spiro atoms. The van der Waals surface area contributed by atoms with Gasteiger partial charge in [0.05, 0.1) is 24.2 Å². The Morgan fingerprint density at radius 1 is 0.854 bits per heavy atom. The van der Waals surface area contributed by atoms with Crippen molar-refractivity contribution in [2.45, 2.75) is 122 Å². The summed E-state index contributed by atoms with van der Waals surface area (Å²) in [4.78, 5) is 12.5. The normalized spacial score (nSPS) is 13.7. The Kier molecular flexibility index (Phi) is 20.3. The van der Waals surface area contributed by atoms with Crippen LogP contribution in [0.2, 0.25) is 0 Å². The molecule has 2 unspecified atom stereocenters. The second kappa shape index (κ2) is 23.2. The minimum Gasteiger partial charge on any atom is -0.746 e. The predicted molar refractivity (Wildman–Crippen MR) is 165 cm³/mol. The third-order valence-electron chi connectivity index (χ3n) is 7.26. The number of hydrogen-bond donors (Lipinski definition) is 0. The van der Waals surface area contributed by atoms with E-state index in [1.807, 2.05) is 33.8 Å². The molecule has 2 atom stereocenters. The standard InChI is InChI=1S/C32H54NO6PS/c1-3-4-5-6-7-8-9-10-11-12-13-14-15-16-17-20-24-37-27-31(36-2)28-38-40(34,35)39-32-22-19-18-21-30(32)26-33-23-25-41-29-33/h18-19,21-23,25,29,31H,3-17,20,24,26-28H2,1-2H3. The van der Waals surface area contributed by atoms with Crippen molar-refractivity contribution in [2.24, 2.45) is 0 Å². The SMILES string of the molecule is CCCCCCCCCCCCCCCCCCOCC(COP(=O)([O-])Oc1ccccc1C[n+]1ccsc1)OC. The lowest BCUT2D eigenvalue weighted by Crippen LogP contribution is -2.31. The van der Waals surface area contributed by atoms with E-state index >= 15 is 0 Å². The van der Waals surface area contributed by atoms with Gasteiger partial charge < -0.3 is 23.4 Å². The largest absolute Gasteiger partial charge is 0.746 e. The number of ether oxygens (including phenoxy) is 2. The predicted octanol–water partition coefficient (Wildman–Crippen LogP) is 8.24. The van der Waals surface area contributed by atoms with Crippen molar-refractivity contribution in [3.63, 3.8) is 0 Å². The molecule has 2 rings (SSSR count). The molecule has 0 bridgehead atoms. The maximum Gasteiger partial charge on any atom is 0.319 e. The highest BCUT2D eigenvalue weighted by molar-refractivity contribution is 7.46. The average molecular weight is 612 g/mol. The van der Waals surface area contributed by atoms with Crippen LogP contribution in [-0.2, 0) is 25.1 Å². The fraction of sp³-hybridized carbons (Fsp3) is 0.719. The first-order valence-electron chi connectivity index (χ1n) is 15.8. The molecule has 0 amide bonds. The zero-order chi connectivity index (χ0) is 29.4. The van der Waals surface area contributed by atoms with E-state index in [0.29, 0.717) is 13.2 Å². The first kappa shape index (κ1) is 35.9. The van der Waals surface area contributed by atoms with Crippen molar-refractivity contribution < 1.29 is 32.5 Å². The Morgan fingerprint density at radius 3 is 2.00 bits per heavy atom. The Labute approximate surface area is 253 Å². The van der Waals surface area contributed by atoms with Crippen molar-refractivity contribution in [2.75, 3.05) is 26.9 Å². The van der Waals surface area contributed by atoms with Crippen LogP contribution in [0, 0.1) is 0 Å². The number of unbranched alkanes of at least 4 members (excludes halogenated alkanes) is 15. The van der Waals surface area contributed by atoms with Gasteiger partial charge in [-0.2, -0.15) is 4.57 Å². The van der Waals surface area contributed by atoms with E-state index in [1.165, 1.54) is 97.0 Å². The van der Waals surface area contributed by atoms with Gasteiger partial charge in [-0.3, -0.25) is 4.57 Å². The Balaban J connectivity index is 1.46. The minimum absolute atomic E-state index is 0.155. The molecular formula is C32H54NO6PS. The fourth-order valence-corrected chi connectivity index (χ4v) is 6.16. The number of hydrogen-bond acceptors (Lipinski definition) is 7. The van der Waals surface area contributed by atoms with Gasteiger partial charge in [-0.05, 0) is 18.6 Å². The Bertz CT molecular complexity index is 929. The van der Waals surface area contributed by atoms with E-state index in [4.69, 9.17) is 18.5 Å². The van der Waals surface area contributed by atoms with Crippen LogP contribution >= 0.6 is 19.2 Å². The number of thiazole rings is 1. The lowest BCUT2D eigenvalue weighted by molar-refractivity contribution is -0.683. The summed E-state index contributed by atoms with van der Waals surface area (Å²) >= 11 is 1.57. The number of phosphoric ester groups is 1. The van der Waals surface area contributed by atoms with E-state index in [0.717, 1.165) is 18.4 Å². The van der Waals surface area contributed by atoms with E-state index < -0.39 is 13.9 Å². The number of rotatable bonds is 27. The second-order valence-electron chi connectivity index (χ2n) is 10.9. The zero-order valence-electron chi connectivity index (χ0n) is 25.5. The fourth-order valence-electron chi connectivity index (χ4n) is 4.74. The van der Waals surface area contributed by atoms with Crippen LogP contribution in [-0.4, -0.2) is 33.0 Å². The van der Waals surface area contributed by atoms with Crippen LogP contribution in [0.5, 0.6) is 5.75 Å². The Hall–Kier alpha value is -1.28. The molecule has 7 nitrogen and oxygen atoms in total. The highest BCUT2D eigenvalue weighted by Crippen LogP contribution is 2.41. The highest BCUT2D eigenvalue weighted by atomic mass is 32.1. The van der Waals surface area contributed by atoms with Gasteiger partial charge in [0.1, 0.15) is 11.9 Å². The van der Waals surface area contributed by atoms with Crippen molar-refractivity contribution in [3.05, 3.63) is 46.9 Å². The van der Waals surface area contributed by atoms with Crippen LogP contribution in [0.4, 0.5) is 0 Å². The molecule has 0 saturated heterocycles. The average Bonchev–Trinajstić information content (AvgIpc) is 3.48. The van der Waals surface area contributed by atoms with Gasteiger partial charge >= 0.3 is 7.82 Å². The number of methoxy groups -OCH3 is 1. The lowest BCUT2D eigenvalue weighted by atomic mass is 10.0. The van der Waals surface area contributed by atoms with Crippen molar-refractivity contribution in [1.82, 2.24) is 0 Å². The molecule has 0 aliphatic carbocycles. The third kappa shape index (κ3) is 18.1. The van der Waals surface area contributed by atoms with E-state index in [-0.39, 0.29) is 19.0 Å². The molecule has 0 N–H and O–H groups in total. The first-order valence-corrected chi connectivity index (χ1v) is 18.2. The molecule has 1 heterocycles. The molecular weight excluding hydrogens is 557 g/mol. The summed E-state index contributed by atoms with van der Waals surface area (Å²) in [5.41, 5.74) is 2.70. The van der Waals surface area contributed by atoms with Gasteiger partial charge in [0.25, 0.3) is 0 Å². The van der Waals surface area contributed by atoms with Crippen LogP contribution in [0.25, 0.3) is 0 Å². The number of nitrogens with zero attached hydrogens (tertiary/aromatic N) is 1. The molecule has 0 fully saturated rings. The van der Waals surface area contributed by atoms with E-state index in [1.54, 1.807) is 23.5 Å². The molecule has 0 aliphatic rings. The molecule has 0 radical (unpaired) electrons. The van der Waals surface area contributed by atoms with E-state index in [2.05, 4.69) is 6.92 Å². The third-order valence-corrected chi connectivity index (χ3v) is 8.82.